The molecule has 0 bridgehead atoms. The van der Waals surface area contributed by atoms with Crippen molar-refractivity contribution in [2.24, 2.45) is 4.99 Å². The van der Waals surface area contributed by atoms with Crippen molar-refractivity contribution >= 4 is 51.6 Å². The van der Waals surface area contributed by atoms with Crippen LogP contribution in [0.1, 0.15) is 38.2 Å². The summed E-state index contributed by atoms with van der Waals surface area (Å²) in [7, 11) is 1.12. The number of hydrogen-bond acceptors (Lipinski definition) is 2. The molecule has 1 heterocycles. The van der Waals surface area contributed by atoms with Crippen LogP contribution in [0.5, 0.6) is 0 Å². The first-order valence-electron chi connectivity index (χ1n) is 9.60. The predicted molar refractivity (Wildman–Crippen MR) is 127 cm³/mol. The first kappa shape index (κ1) is 22.2. The van der Waals surface area contributed by atoms with Crippen molar-refractivity contribution in [1.29, 1.82) is 0 Å². The van der Waals surface area contributed by atoms with Gasteiger partial charge in [0, 0.05) is 58.5 Å². The summed E-state index contributed by atoms with van der Waals surface area (Å²) < 4.78 is 12.1. The normalized spacial score (nSPS) is 21.5. The fraction of sp³-hybridized carbons (Fsp3) is 0.550. The molecule has 3 rings (SSSR count). The fourth-order valence-electron chi connectivity index (χ4n) is 3.79. The molecule has 5 nitrogen and oxygen atoms in total. The Morgan fingerprint density at radius 3 is 2.93 bits per heavy atom. The van der Waals surface area contributed by atoms with Crippen molar-refractivity contribution in [3.8, 4) is 0 Å². The third-order valence-electron chi connectivity index (χ3n) is 5.21. The molecule has 0 aliphatic heterocycles. The molecule has 1 aromatic heterocycles. The van der Waals surface area contributed by atoms with Crippen LogP contribution in [0, 0.1) is 0 Å². The average molecular weight is 502 g/mol. The summed E-state index contributed by atoms with van der Waals surface area (Å²) >= 11 is 0. The number of aromatic nitrogens is 1. The van der Waals surface area contributed by atoms with E-state index >= 15 is 0 Å². The van der Waals surface area contributed by atoms with E-state index in [9.17, 15) is 4.21 Å². The molecule has 3 N–H and O–H groups in total. The molecule has 0 spiro atoms. The number of H-pyrrole nitrogens is 1. The van der Waals surface area contributed by atoms with E-state index in [1.165, 1.54) is 16.5 Å². The Balaban J connectivity index is 0.00000261. The number of aliphatic imine (C=N–C) groups is 1. The molecule has 2 aromatic rings. The van der Waals surface area contributed by atoms with Crippen molar-refractivity contribution in [1.82, 2.24) is 15.6 Å². The third kappa shape index (κ3) is 5.94. The van der Waals surface area contributed by atoms with E-state index in [4.69, 9.17) is 0 Å². The fourth-order valence-corrected chi connectivity index (χ4v) is 5.14. The van der Waals surface area contributed by atoms with E-state index in [0.29, 0.717) is 11.3 Å². The summed E-state index contributed by atoms with van der Waals surface area (Å²) in [5.74, 6) is 1.60. The monoisotopic (exact) mass is 502 g/mol. The highest BCUT2D eigenvalue weighted by Crippen LogP contribution is 2.23. The van der Waals surface area contributed by atoms with Crippen LogP contribution in [0.2, 0.25) is 0 Å². The van der Waals surface area contributed by atoms with Gasteiger partial charge in [0.2, 0.25) is 0 Å². The second-order valence-corrected chi connectivity index (χ2v) is 8.91. The van der Waals surface area contributed by atoms with Crippen LogP contribution >= 0.6 is 24.0 Å². The van der Waals surface area contributed by atoms with Crippen LogP contribution < -0.4 is 10.6 Å². The maximum Gasteiger partial charge on any atom is 0.191 e. The van der Waals surface area contributed by atoms with E-state index < -0.39 is 10.8 Å². The molecule has 0 saturated heterocycles. The summed E-state index contributed by atoms with van der Waals surface area (Å²) in [5.41, 5.74) is 2.50. The second kappa shape index (κ2) is 11.0. The zero-order valence-electron chi connectivity index (χ0n) is 16.2. The highest BCUT2D eigenvalue weighted by molar-refractivity contribution is 14.0. The maximum absolute atomic E-state index is 12.1. The number of guanidine groups is 1. The first-order chi connectivity index (χ1) is 12.7. The van der Waals surface area contributed by atoms with Crippen molar-refractivity contribution in [3.05, 3.63) is 36.0 Å². The zero-order chi connectivity index (χ0) is 18.4. The number of hydrogen-bond donors (Lipinski definition) is 3. The number of benzene rings is 1. The number of aromatic amines is 1. The largest absolute Gasteiger partial charge is 0.361 e. The average Bonchev–Trinajstić information content (AvgIpc) is 3.10. The van der Waals surface area contributed by atoms with E-state index in [-0.39, 0.29) is 24.0 Å². The summed E-state index contributed by atoms with van der Waals surface area (Å²) in [5, 5.41) is 8.57. The van der Waals surface area contributed by atoms with Gasteiger partial charge in [0.1, 0.15) is 0 Å². The summed E-state index contributed by atoms with van der Waals surface area (Å²) in [6, 6.07) is 8.75. The number of nitrogens with one attached hydrogen (secondary N) is 3. The van der Waals surface area contributed by atoms with Crippen LogP contribution in [-0.4, -0.2) is 45.8 Å². The van der Waals surface area contributed by atoms with E-state index in [0.717, 1.165) is 50.4 Å². The van der Waals surface area contributed by atoms with Crippen molar-refractivity contribution in [2.75, 3.05) is 19.3 Å². The minimum Gasteiger partial charge on any atom is -0.361 e. The lowest BCUT2D eigenvalue weighted by atomic mass is 9.95. The quantitative estimate of drug-likeness (QED) is 0.322. The second-order valence-electron chi connectivity index (χ2n) is 6.91. The smallest absolute Gasteiger partial charge is 0.191 e. The van der Waals surface area contributed by atoms with E-state index in [1.54, 1.807) is 0 Å². The van der Waals surface area contributed by atoms with Crippen LogP contribution in [0.4, 0.5) is 0 Å². The number of halogens is 1. The van der Waals surface area contributed by atoms with Gasteiger partial charge in [0.05, 0.1) is 0 Å². The Hall–Kier alpha value is -1.09. The highest BCUT2D eigenvalue weighted by Gasteiger charge is 2.25. The zero-order valence-corrected chi connectivity index (χ0v) is 19.3. The summed E-state index contributed by atoms with van der Waals surface area (Å²) in [4.78, 5) is 7.69. The van der Waals surface area contributed by atoms with E-state index in [2.05, 4.69) is 51.1 Å². The predicted octanol–water partition coefficient (Wildman–Crippen LogP) is 3.57. The Bertz CT molecular complexity index is 776. The molecule has 1 fully saturated rings. The maximum atomic E-state index is 12.1. The molecule has 1 aliphatic carbocycles. The number of rotatable bonds is 6. The molecule has 3 atom stereocenters. The topological polar surface area (TPSA) is 69.3 Å². The summed E-state index contributed by atoms with van der Waals surface area (Å²) in [6.45, 7) is 2.84. The lowest BCUT2D eigenvalue weighted by Crippen LogP contribution is -2.47. The Morgan fingerprint density at radius 2 is 2.15 bits per heavy atom. The standard InChI is InChI=1S/C20H30N4OS.HI/c1-3-26(25)17-8-6-7-16(13-17)24-20(21-2)22-12-11-15-14-23-19-10-5-4-9-18(15)19;/h4-5,9-10,14,16-17,23H,3,6-8,11-13H2,1-2H3,(H2,21,22,24);1H. The Kier molecular flexibility index (Phi) is 9.08. The summed E-state index contributed by atoms with van der Waals surface area (Å²) in [6.07, 6.45) is 7.36. The molecule has 1 aliphatic rings. The van der Waals surface area contributed by atoms with Gasteiger partial charge in [-0.05, 0) is 37.3 Å². The SMILES string of the molecule is CCS(=O)C1CCCC(NC(=NC)NCCc2c[nH]c3ccccc23)C1.I. The molecule has 0 amide bonds. The molecule has 150 valence electrons. The van der Waals surface area contributed by atoms with Gasteiger partial charge in [0.15, 0.2) is 5.96 Å². The van der Waals surface area contributed by atoms with Crippen LogP contribution in [0.3, 0.4) is 0 Å². The molecular weight excluding hydrogens is 471 g/mol. The molecule has 27 heavy (non-hydrogen) atoms. The molecule has 0 radical (unpaired) electrons. The van der Waals surface area contributed by atoms with Gasteiger partial charge >= 0.3 is 0 Å². The van der Waals surface area contributed by atoms with Crippen LogP contribution in [-0.2, 0) is 17.2 Å². The highest BCUT2D eigenvalue weighted by atomic mass is 127. The van der Waals surface area contributed by atoms with Gasteiger partial charge in [-0.25, -0.2) is 0 Å². The van der Waals surface area contributed by atoms with Gasteiger partial charge in [-0.1, -0.05) is 31.5 Å². The molecule has 7 heteroatoms. The molecule has 3 unspecified atom stereocenters. The Labute approximate surface area is 181 Å². The van der Waals surface area contributed by atoms with Crippen molar-refractivity contribution in [3.63, 3.8) is 0 Å². The Morgan fingerprint density at radius 1 is 1.33 bits per heavy atom. The van der Waals surface area contributed by atoms with Gasteiger partial charge in [-0.3, -0.25) is 9.20 Å². The number of fused-ring (bicyclic) bond motifs is 1. The van der Waals surface area contributed by atoms with Crippen molar-refractivity contribution in [2.45, 2.75) is 50.3 Å². The lowest BCUT2D eigenvalue weighted by Gasteiger charge is -2.30. The minimum absolute atomic E-state index is 0. The molecule has 1 saturated carbocycles. The van der Waals surface area contributed by atoms with Gasteiger partial charge in [0.25, 0.3) is 0 Å². The molecule has 1 aromatic carbocycles. The number of para-hydroxylation sites is 1. The molecular formula is C20H31IN4OS. The van der Waals surface area contributed by atoms with Crippen LogP contribution in [0.25, 0.3) is 10.9 Å². The minimum atomic E-state index is -0.694. The number of nitrogens with zero attached hydrogens (tertiary/aromatic N) is 1. The van der Waals surface area contributed by atoms with Crippen LogP contribution in [0.15, 0.2) is 35.5 Å². The lowest BCUT2D eigenvalue weighted by molar-refractivity contribution is 0.413. The van der Waals surface area contributed by atoms with Crippen molar-refractivity contribution < 1.29 is 4.21 Å². The van der Waals surface area contributed by atoms with E-state index in [1.807, 2.05) is 14.0 Å². The third-order valence-corrected chi connectivity index (χ3v) is 6.95. The van der Waals surface area contributed by atoms with Gasteiger partial charge in [-0.15, -0.1) is 24.0 Å². The van der Waals surface area contributed by atoms with Gasteiger partial charge in [-0.2, -0.15) is 0 Å². The van der Waals surface area contributed by atoms with Gasteiger partial charge < -0.3 is 15.6 Å². The first-order valence-corrected chi connectivity index (χ1v) is 11.0.